The first-order valence-electron chi connectivity index (χ1n) is 7.86. The molecule has 7 nitrogen and oxygen atoms in total. The molecule has 2 aromatic heterocycles. The van der Waals surface area contributed by atoms with Crippen molar-refractivity contribution in [1.82, 2.24) is 24.9 Å². The average molecular weight is 333 g/mol. The van der Waals surface area contributed by atoms with Crippen molar-refractivity contribution in [2.75, 3.05) is 19.8 Å². The number of aryl methyl sites for hydroxylation is 1. The molecule has 1 aliphatic heterocycles. The van der Waals surface area contributed by atoms with Gasteiger partial charge in [0, 0.05) is 31.5 Å². The molecule has 0 N–H and O–H groups in total. The molecule has 4 rings (SSSR count). The van der Waals surface area contributed by atoms with E-state index in [9.17, 15) is 4.79 Å². The molecule has 1 fully saturated rings. The SMILES string of the molecule is Cn1nnc2c1C(COCC1CC1)CN(C(=O)c1cscn1)C2. The Labute approximate surface area is 138 Å². The van der Waals surface area contributed by atoms with Gasteiger partial charge in [0.25, 0.3) is 5.91 Å². The lowest BCUT2D eigenvalue weighted by atomic mass is 9.98. The quantitative estimate of drug-likeness (QED) is 0.828. The van der Waals surface area contributed by atoms with Crippen LogP contribution in [0, 0.1) is 5.92 Å². The van der Waals surface area contributed by atoms with Crippen LogP contribution in [0.15, 0.2) is 10.9 Å². The van der Waals surface area contributed by atoms with E-state index in [-0.39, 0.29) is 11.8 Å². The second-order valence-corrected chi connectivity index (χ2v) is 7.00. The van der Waals surface area contributed by atoms with Crippen molar-refractivity contribution < 1.29 is 9.53 Å². The predicted octanol–water partition coefficient (Wildman–Crippen LogP) is 1.44. The number of carbonyl (C=O) groups is 1. The van der Waals surface area contributed by atoms with Crippen molar-refractivity contribution in [3.8, 4) is 0 Å². The van der Waals surface area contributed by atoms with E-state index >= 15 is 0 Å². The van der Waals surface area contributed by atoms with Gasteiger partial charge in [-0.1, -0.05) is 5.21 Å². The minimum atomic E-state index is -0.0465. The molecule has 0 spiro atoms. The lowest BCUT2D eigenvalue weighted by molar-refractivity contribution is 0.0614. The molecule has 1 unspecified atom stereocenters. The Bertz CT molecular complexity index is 695. The van der Waals surface area contributed by atoms with E-state index in [1.54, 1.807) is 15.8 Å². The summed E-state index contributed by atoms with van der Waals surface area (Å²) < 4.78 is 7.69. The molecule has 3 heterocycles. The highest BCUT2D eigenvalue weighted by Crippen LogP contribution is 2.31. The first-order chi connectivity index (χ1) is 11.2. The largest absolute Gasteiger partial charge is 0.380 e. The molecule has 2 aromatic rings. The number of hydrogen-bond acceptors (Lipinski definition) is 6. The maximum absolute atomic E-state index is 12.6. The highest BCUT2D eigenvalue weighted by atomic mass is 32.1. The number of carbonyl (C=O) groups excluding carboxylic acids is 1. The summed E-state index contributed by atoms with van der Waals surface area (Å²) in [6.45, 7) is 2.52. The van der Waals surface area contributed by atoms with Crippen LogP contribution in [0.5, 0.6) is 0 Å². The summed E-state index contributed by atoms with van der Waals surface area (Å²) in [7, 11) is 1.90. The van der Waals surface area contributed by atoms with E-state index in [0.717, 1.165) is 23.9 Å². The molecule has 122 valence electrons. The minimum absolute atomic E-state index is 0.0465. The second-order valence-electron chi connectivity index (χ2n) is 6.28. The predicted molar refractivity (Wildman–Crippen MR) is 84.1 cm³/mol. The van der Waals surface area contributed by atoms with Gasteiger partial charge >= 0.3 is 0 Å². The summed E-state index contributed by atoms with van der Waals surface area (Å²) in [6, 6.07) is 0. The van der Waals surface area contributed by atoms with Crippen LogP contribution in [0.4, 0.5) is 0 Å². The second kappa shape index (κ2) is 6.01. The number of hydrogen-bond donors (Lipinski definition) is 0. The van der Waals surface area contributed by atoms with E-state index in [0.29, 0.717) is 25.4 Å². The van der Waals surface area contributed by atoms with E-state index in [2.05, 4.69) is 15.3 Å². The Morgan fingerprint density at radius 3 is 3.04 bits per heavy atom. The van der Waals surface area contributed by atoms with Crippen molar-refractivity contribution in [3.63, 3.8) is 0 Å². The van der Waals surface area contributed by atoms with Gasteiger partial charge in [0.1, 0.15) is 11.4 Å². The molecule has 0 saturated heterocycles. The molecule has 1 atom stereocenters. The molecular weight excluding hydrogens is 314 g/mol. The van der Waals surface area contributed by atoms with Gasteiger partial charge in [-0.05, 0) is 18.8 Å². The van der Waals surface area contributed by atoms with E-state index in [1.807, 2.05) is 11.7 Å². The Balaban J connectivity index is 1.51. The fourth-order valence-electron chi connectivity index (χ4n) is 3.05. The van der Waals surface area contributed by atoms with E-state index in [4.69, 9.17) is 4.74 Å². The Morgan fingerprint density at radius 1 is 1.43 bits per heavy atom. The van der Waals surface area contributed by atoms with Crippen LogP contribution in [0.3, 0.4) is 0 Å². The highest BCUT2D eigenvalue weighted by Gasteiger charge is 2.33. The molecule has 2 aliphatic rings. The van der Waals surface area contributed by atoms with Crippen molar-refractivity contribution >= 4 is 17.2 Å². The standard InChI is InChI=1S/C15H19N5O2S/c1-19-14-11(7-22-6-10-2-3-10)4-20(5-12(14)17-18-19)15(21)13-8-23-9-16-13/h8-11H,2-7H2,1H3. The Hall–Kier alpha value is -1.80. The number of amides is 1. The van der Waals surface area contributed by atoms with E-state index < -0.39 is 0 Å². The maximum Gasteiger partial charge on any atom is 0.273 e. The van der Waals surface area contributed by atoms with Crippen LogP contribution in [0.2, 0.25) is 0 Å². The zero-order valence-electron chi connectivity index (χ0n) is 13.0. The smallest absolute Gasteiger partial charge is 0.273 e. The monoisotopic (exact) mass is 333 g/mol. The number of ether oxygens (including phenoxy) is 1. The zero-order valence-corrected chi connectivity index (χ0v) is 13.8. The number of nitrogens with zero attached hydrogens (tertiary/aromatic N) is 5. The third kappa shape index (κ3) is 3.00. The van der Waals surface area contributed by atoms with Crippen LogP contribution >= 0.6 is 11.3 Å². The summed E-state index contributed by atoms with van der Waals surface area (Å²) in [5.41, 5.74) is 4.13. The first-order valence-corrected chi connectivity index (χ1v) is 8.80. The molecular formula is C15H19N5O2S. The minimum Gasteiger partial charge on any atom is -0.380 e. The van der Waals surface area contributed by atoms with Crippen molar-refractivity contribution in [1.29, 1.82) is 0 Å². The van der Waals surface area contributed by atoms with Crippen molar-refractivity contribution in [3.05, 3.63) is 28.0 Å². The van der Waals surface area contributed by atoms with Crippen LogP contribution in [0.1, 0.15) is 40.6 Å². The van der Waals surface area contributed by atoms with Crippen LogP contribution < -0.4 is 0 Å². The van der Waals surface area contributed by atoms with Crippen molar-refractivity contribution in [2.24, 2.45) is 13.0 Å². The molecule has 1 amide bonds. The van der Waals surface area contributed by atoms with Crippen molar-refractivity contribution in [2.45, 2.75) is 25.3 Å². The molecule has 23 heavy (non-hydrogen) atoms. The van der Waals surface area contributed by atoms with Gasteiger partial charge in [0.2, 0.25) is 0 Å². The van der Waals surface area contributed by atoms with Gasteiger partial charge in [-0.15, -0.1) is 16.4 Å². The zero-order chi connectivity index (χ0) is 15.8. The third-order valence-electron chi connectivity index (χ3n) is 4.42. The van der Waals surface area contributed by atoms with Crippen LogP contribution in [-0.4, -0.2) is 50.5 Å². The molecule has 1 aliphatic carbocycles. The van der Waals surface area contributed by atoms with Gasteiger partial charge in [-0.25, -0.2) is 4.98 Å². The molecule has 0 radical (unpaired) electrons. The number of thiazole rings is 1. The number of aromatic nitrogens is 4. The van der Waals surface area contributed by atoms with E-state index in [1.165, 1.54) is 24.2 Å². The lowest BCUT2D eigenvalue weighted by Crippen LogP contribution is -2.40. The van der Waals surface area contributed by atoms with Gasteiger partial charge < -0.3 is 9.64 Å². The topological polar surface area (TPSA) is 73.1 Å². The molecule has 0 aromatic carbocycles. The van der Waals surface area contributed by atoms with Gasteiger partial charge in [-0.2, -0.15) is 0 Å². The summed E-state index contributed by atoms with van der Waals surface area (Å²) in [6.07, 6.45) is 2.55. The highest BCUT2D eigenvalue weighted by molar-refractivity contribution is 7.07. The third-order valence-corrected chi connectivity index (χ3v) is 5.01. The Kier molecular flexibility index (Phi) is 3.86. The maximum atomic E-state index is 12.6. The normalized spacial score (nSPS) is 20.6. The molecule has 1 saturated carbocycles. The summed E-state index contributed by atoms with van der Waals surface area (Å²) >= 11 is 1.43. The number of rotatable bonds is 5. The fraction of sp³-hybridized carbons (Fsp3) is 0.600. The molecule has 8 heteroatoms. The Morgan fingerprint density at radius 2 is 2.30 bits per heavy atom. The summed E-state index contributed by atoms with van der Waals surface area (Å²) in [5, 5.41) is 10.1. The van der Waals surface area contributed by atoms with Gasteiger partial charge in [-0.3, -0.25) is 9.48 Å². The van der Waals surface area contributed by atoms with Crippen LogP contribution in [-0.2, 0) is 18.3 Å². The summed E-state index contributed by atoms with van der Waals surface area (Å²) in [5.74, 6) is 0.797. The lowest BCUT2D eigenvalue weighted by Gasteiger charge is -2.31. The van der Waals surface area contributed by atoms with Gasteiger partial charge in [0.15, 0.2) is 0 Å². The first kappa shape index (κ1) is 14.8. The molecule has 0 bridgehead atoms. The van der Waals surface area contributed by atoms with Crippen LogP contribution in [0.25, 0.3) is 0 Å². The number of fused-ring (bicyclic) bond motifs is 1. The fourth-order valence-corrected chi connectivity index (χ4v) is 3.57. The average Bonchev–Trinajstić information content (AvgIpc) is 3.07. The summed E-state index contributed by atoms with van der Waals surface area (Å²) in [4.78, 5) is 18.5. The van der Waals surface area contributed by atoms with Gasteiger partial charge in [0.05, 0.1) is 24.4 Å².